The molecule has 1 aromatic heterocycles. The summed E-state index contributed by atoms with van der Waals surface area (Å²) in [5, 5.41) is 8.14. The molecule has 0 aromatic carbocycles. The second-order valence-electron chi connectivity index (χ2n) is 4.23. The van der Waals surface area contributed by atoms with Crippen molar-refractivity contribution in [3.63, 3.8) is 0 Å². The molecule has 1 aromatic rings. The average molecular weight is 215 g/mol. The molecule has 78 valence electrons. The van der Waals surface area contributed by atoms with Gasteiger partial charge in [0, 0.05) is 11.1 Å². The predicted octanol–water partition coefficient (Wildman–Crippen LogP) is 2.02. The van der Waals surface area contributed by atoms with E-state index in [-0.39, 0.29) is 5.41 Å². The molecule has 14 heavy (non-hydrogen) atoms. The van der Waals surface area contributed by atoms with Gasteiger partial charge in [-0.2, -0.15) is 0 Å². The Morgan fingerprint density at radius 3 is 2.29 bits per heavy atom. The summed E-state index contributed by atoms with van der Waals surface area (Å²) < 4.78 is 0. The van der Waals surface area contributed by atoms with Crippen LogP contribution >= 0.6 is 11.6 Å². The van der Waals surface area contributed by atoms with Crippen molar-refractivity contribution in [2.24, 2.45) is 5.84 Å². The first kappa shape index (κ1) is 11.2. The quantitative estimate of drug-likeness (QED) is 0.555. The van der Waals surface area contributed by atoms with Gasteiger partial charge in [0.25, 0.3) is 0 Å². The molecule has 4 nitrogen and oxygen atoms in total. The second kappa shape index (κ2) is 3.71. The molecule has 0 atom stereocenters. The molecular formula is C9H15ClN4. The molecular weight excluding hydrogens is 200 g/mol. The molecule has 0 unspecified atom stereocenters. The summed E-state index contributed by atoms with van der Waals surface area (Å²) in [6, 6.07) is 0. The van der Waals surface area contributed by atoms with Gasteiger partial charge in [0.15, 0.2) is 11.0 Å². The van der Waals surface area contributed by atoms with Crippen LogP contribution in [0.15, 0.2) is 0 Å². The molecule has 0 saturated carbocycles. The fourth-order valence-corrected chi connectivity index (χ4v) is 1.96. The number of nitrogen functional groups attached to an aromatic ring is 1. The highest BCUT2D eigenvalue weighted by Gasteiger charge is 2.23. The fraction of sp³-hybridized carbons (Fsp3) is 0.556. The largest absolute Gasteiger partial charge is 0.307 e. The van der Waals surface area contributed by atoms with Crippen molar-refractivity contribution >= 4 is 17.4 Å². The number of nitrogens with zero attached hydrogens (tertiary/aromatic N) is 2. The van der Waals surface area contributed by atoms with Gasteiger partial charge in [-0.05, 0) is 12.3 Å². The first-order valence-electron chi connectivity index (χ1n) is 4.37. The molecule has 0 radical (unpaired) electrons. The van der Waals surface area contributed by atoms with Gasteiger partial charge in [-0.25, -0.2) is 5.84 Å². The van der Waals surface area contributed by atoms with Gasteiger partial charge in [-0.3, -0.25) is 0 Å². The van der Waals surface area contributed by atoms with Crippen molar-refractivity contribution in [2.45, 2.75) is 33.1 Å². The first-order chi connectivity index (χ1) is 6.38. The van der Waals surface area contributed by atoms with Crippen LogP contribution < -0.4 is 11.3 Å². The van der Waals surface area contributed by atoms with E-state index >= 15 is 0 Å². The standard InChI is InChI=1S/C9H15ClN4/c1-5-6(9(2,3)4)7(10)13-14-8(5)12-11/h11H2,1-4H3,(H,12,14). The Hall–Kier alpha value is -0.870. The monoisotopic (exact) mass is 214 g/mol. The van der Waals surface area contributed by atoms with Gasteiger partial charge in [0.05, 0.1) is 0 Å². The lowest BCUT2D eigenvalue weighted by Gasteiger charge is -2.22. The summed E-state index contributed by atoms with van der Waals surface area (Å²) in [7, 11) is 0. The maximum absolute atomic E-state index is 6.00. The number of halogens is 1. The number of nitrogens with two attached hydrogens (primary N) is 1. The smallest absolute Gasteiger partial charge is 0.165 e. The summed E-state index contributed by atoms with van der Waals surface area (Å²) in [6.07, 6.45) is 0. The molecule has 3 N–H and O–H groups in total. The molecule has 0 spiro atoms. The molecule has 1 heterocycles. The molecule has 5 heteroatoms. The summed E-state index contributed by atoms with van der Waals surface area (Å²) in [4.78, 5) is 0. The van der Waals surface area contributed by atoms with Crippen molar-refractivity contribution < 1.29 is 0 Å². The Morgan fingerprint density at radius 2 is 1.86 bits per heavy atom. The first-order valence-corrected chi connectivity index (χ1v) is 4.75. The molecule has 1 rings (SSSR count). The van der Waals surface area contributed by atoms with Gasteiger partial charge in [0.2, 0.25) is 0 Å². The van der Waals surface area contributed by atoms with Crippen LogP contribution in [0.5, 0.6) is 0 Å². The zero-order valence-corrected chi connectivity index (χ0v) is 9.61. The minimum absolute atomic E-state index is 0.0668. The van der Waals surface area contributed by atoms with Crippen LogP contribution in [0.4, 0.5) is 5.82 Å². The van der Waals surface area contributed by atoms with Gasteiger partial charge in [0.1, 0.15) is 0 Å². The summed E-state index contributed by atoms with van der Waals surface area (Å²) in [5.41, 5.74) is 4.35. The van der Waals surface area contributed by atoms with Crippen LogP contribution in [-0.4, -0.2) is 10.2 Å². The number of aromatic nitrogens is 2. The third kappa shape index (κ3) is 1.96. The Kier molecular flexibility index (Phi) is 2.97. The Labute approximate surface area is 88.8 Å². The lowest BCUT2D eigenvalue weighted by atomic mass is 9.85. The van der Waals surface area contributed by atoms with Crippen LogP contribution in [0.2, 0.25) is 5.15 Å². The molecule has 0 aliphatic heterocycles. The van der Waals surface area contributed by atoms with Gasteiger partial charge >= 0.3 is 0 Å². The minimum Gasteiger partial charge on any atom is -0.307 e. The van der Waals surface area contributed by atoms with E-state index in [9.17, 15) is 0 Å². The van der Waals surface area contributed by atoms with E-state index in [0.717, 1.165) is 11.1 Å². The van der Waals surface area contributed by atoms with E-state index in [4.69, 9.17) is 17.4 Å². The van der Waals surface area contributed by atoms with E-state index in [0.29, 0.717) is 11.0 Å². The third-order valence-electron chi connectivity index (χ3n) is 2.06. The SMILES string of the molecule is Cc1c(NN)nnc(Cl)c1C(C)(C)C. The topological polar surface area (TPSA) is 63.8 Å². The third-order valence-corrected chi connectivity index (χ3v) is 2.33. The predicted molar refractivity (Wildman–Crippen MR) is 58.3 cm³/mol. The fourth-order valence-electron chi connectivity index (χ4n) is 1.50. The summed E-state index contributed by atoms with van der Waals surface area (Å²) in [5.74, 6) is 5.89. The van der Waals surface area contributed by atoms with Gasteiger partial charge in [-0.15, -0.1) is 10.2 Å². The van der Waals surface area contributed by atoms with Gasteiger partial charge < -0.3 is 5.43 Å². The number of rotatable bonds is 1. The van der Waals surface area contributed by atoms with E-state index in [1.807, 2.05) is 6.92 Å². The van der Waals surface area contributed by atoms with E-state index in [1.165, 1.54) is 0 Å². The number of anilines is 1. The lowest BCUT2D eigenvalue weighted by molar-refractivity contribution is 0.581. The highest BCUT2D eigenvalue weighted by atomic mass is 35.5. The van der Waals surface area contributed by atoms with Crippen molar-refractivity contribution in [1.29, 1.82) is 0 Å². The number of hydrogen-bond acceptors (Lipinski definition) is 4. The highest BCUT2D eigenvalue weighted by molar-refractivity contribution is 6.30. The lowest BCUT2D eigenvalue weighted by Crippen LogP contribution is -2.19. The van der Waals surface area contributed by atoms with Crippen molar-refractivity contribution in [3.05, 3.63) is 16.3 Å². The van der Waals surface area contributed by atoms with Crippen molar-refractivity contribution in [2.75, 3.05) is 5.43 Å². The number of nitrogens with one attached hydrogen (secondary N) is 1. The maximum atomic E-state index is 6.00. The molecule has 0 aliphatic carbocycles. The second-order valence-corrected chi connectivity index (χ2v) is 4.59. The van der Waals surface area contributed by atoms with Crippen molar-refractivity contribution in [3.8, 4) is 0 Å². The zero-order chi connectivity index (χ0) is 10.9. The van der Waals surface area contributed by atoms with Crippen molar-refractivity contribution in [1.82, 2.24) is 10.2 Å². The zero-order valence-electron chi connectivity index (χ0n) is 8.85. The Bertz CT molecular complexity index is 343. The summed E-state index contributed by atoms with van der Waals surface area (Å²) in [6.45, 7) is 8.14. The molecule has 0 bridgehead atoms. The van der Waals surface area contributed by atoms with Crippen LogP contribution in [-0.2, 0) is 5.41 Å². The molecule has 0 fully saturated rings. The number of hydrazine groups is 1. The highest BCUT2D eigenvalue weighted by Crippen LogP contribution is 2.32. The van der Waals surface area contributed by atoms with E-state index in [2.05, 4.69) is 36.4 Å². The number of hydrogen-bond donors (Lipinski definition) is 2. The molecule has 0 aliphatic rings. The van der Waals surface area contributed by atoms with Crippen LogP contribution in [0.1, 0.15) is 31.9 Å². The normalized spacial score (nSPS) is 11.6. The Balaban J connectivity index is 3.40. The van der Waals surface area contributed by atoms with Crippen LogP contribution in [0.25, 0.3) is 0 Å². The molecule has 0 amide bonds. The van der Waals surface area contributed by atoms with E-state index < -0.39 is 0 Å². The molecule has 0 saturated heterocycles. The average Bonchev–Trinajstić information content (AvgIpc) is 2.02. The van der Waals surface area contributed by atoms with Crippen LogP contribution in [0, 0.1) is 6.92 Å². The van der Waals surface area contributed by atoms with Gasteiger partial charge in [-0.1, -0.05) is 32.4 Å². The Morgan fingerprint density at radius 1 is 1.29 bits per heavy atom. The van der Waals surface area contributed by atoms with Crippen LogP contribution in [0.3, 0.4) is 0 Å². The summed E-state index contributed by atoms with van der Waals surface area (Å²) >= 11 is 6.00. The minimum atomic E-state index is -0.0668. The van der Waals surface area contributed by atoms with E-state index in [1.54, 1.807) is 0 Å². The maximum Gasteiger partial charge on any atom is 0.165 e.